The van der Waals surface area contributed by atoms with Gasteiger partial charge in [-0.3, -0.25) is 4.90 Å². The number of hydrogen-bond acceptors (Lipinski definition) is 1. The van der Waals surface area contributed by atoms with Crippen LogP contribution >= 0.6 is 24.0 Å². The molecule has 1 aliphatic rings. The van der Waals surface area contributed by atoms with E-state index in [0.717, 1.165) is 23.4 Å². The van der Waals surface area contributed by atoms with Crippen molar-refractivity contribution in [3.8, 4) is 0 Å². The van der Waals surface area contributed by atoms with E-state index in [-0.39, 0.29) is 12.4 Å². The van der Waals surface area contributed by atoms with E-state index in [9.17, 15) is 0 Å². The SMILES string of the molecule is C=C(Cl)CN1CC(C)C(C)C1.Cl. The highest BCUT2D eigenvalue weighted by molar-refractivity contribution is 6.29. The molecule has 0 saturated carbocycles. The molecule has 0 aromatic carbocycles. The highest BCUT2D eigenvalue weighted by Gasteiger charge is 2.25. The van der Waals surface area contributed by atoms with E-state index < -0.39 is 0 Å². The fraction of sp³-hybridized carbons (Fsp3) is 0.778. The Morgan fingerprint density at radius 1 is 1.42 bits per heavy atom. The molecule has 1 aliphatic heterocycles. The Bertz CT molecular complexity index is 149. The van der Waals surface area contributed by atoms with Crippen molar-refractivity contribution in [2.45, 2.75) is 13.8 Å². The number of nitrogens with zero attached hydrogens (tertiary/aromatic N) is 1. The fourth-order valence-electron chi connectivity index (χ4n) is 1.62. The summed E-state index contributed by atoms with van der Waals surface area (Å²) in [6.07, 6.45) is 0. The lowest BCUT2D eigenvalue weighted by Crippen LogP contribution is -2.21. The third kappa shape index (κ3) is 3.34. The van der Waals surface area contributed by atoms with Gasteiger partial charge < -0.3 is 0 Å². The van der Waals surface area contributed by atoms with Gasteiger partial charge in [-0.15, -0.1) is 12.4 Å². The van der Waals surface area contributed by atoms with Crippen LogP contribution in [0.1, 0.15) is 13.8 Å². The molecule has 72 valence electrons. The highest BCUT2D eigenvalue weighted by atomic mass is 35.5. The van der Waals surface area contributed by atoms with Crippen molar-refractivity contribution >= 4 is 24.0 Å². The van der Waals surface area contributed by atoms with Crippen LogP contribution in [0, 0.1) is 11.8 Å². The largest absolute Gasteiger partial charge is 0.298 e. The number of hydrogen-bond donors (Lipinski definition) is 0. The maximum absolute atomic E-state index is 5.72. The molecule has 0 spiro atoms. The van der Waals surface area contributed by atoms with E-state index in [1.165, 1.54) is 13.1 Å². The summed E-state index contributed by atoms with van der Waals surface area (Å²) in [5, 5.41) is 0.756. The Labute approximate surface area is 86.2 Å². The Hall–Kier alpha value is 0.280. The van der Waals surface area contributed by atoms with Crippen LogP contribution in [-0.2, 0) is 0 Å². The van der Waals surface area contributed by atoms with Crippen LogP contribution in [0.4, 0.5) is 0 Å². The summed E-state index contributed by atoms with van der Waals surface area (Å²) in [6.45, 7) is 11.5. The first kappa shape index (κ1) is 12.3. The Balaban J connectivity index is 0.00000121. The molecule has 0 amide bonds. The molecule has 0 aliphatic carbocycles. The van der Waals surface area contributed by atoms with Crippen LogP contribution in [-0.4, -0.2) is 24.5 Å². The predicted molar refractivity (Wildman–Crippen MR) is 57.0 cm³/mol. The second-order valence-corrected chi connectivity index (χ2v) is 4.20. The molecule has 1 rings (SSSR count). The summed E-state index contributed by atoms with van der Waals surface area (Å²) in [6, 6.07) is 0. The predicted octanol–water partition coefficient (Wildman–Crippen LogP) is 2.75. The van der Waals surface area contributed by atoms with Crippen molar-refractivity contribution in [2.75, 3.05) is 19.6 Å². The standard InChI is InChI=1S/C9H16ClN.ClH/c1-7-4-11(5-8(7)2)6-9(3)10;/h7-8H,3-6H2,1-2H3;1H. The van der Waals surface area contributed by atoms with Gasteiger partial charge in [0.25, 0.3) is 0 Å². The van der Waals surface area contributed by atoms with E-state index in [4.69, 9.17) is 11.6 Å². The molecule has 2 atom stereocenters. The van der Waals surface area contributed by atoms with Crippen LogP contribution in [0.25, 0.3) is 0 Å². The summed E-state index contributed by atoms with van der Waals surface area (Å²) in [5.41, 5.74) is 0. The summed E-state index contributed by atoms with van der Waals surface area (Å²) in [5.74, 6) is 1.62. The second-order valence-electron chi connectivity index (χ2n) is 3.67. The minimum absolute atomic E-state index is 0. The summed E-state index contributed by atoms with van der Waals surface area (Å²) >= 11 is 5.72. The Morgan fingerprint density at radius 2 is 1.83 bits per heavy atom. The maximum atomic E-state index is 5.72. The number of halogens is 2. The van der Waals surface area contributed by atoms with E-state index in [1.54, 1.807) is 0 Å². The van der Waals surface area contributed by atoms with Gasteiger partial charge >= 0.3 is 0 Å². The van der Waals surface area contributed by atoms with Gasteiger partial charge in [0.1, 0.15) is 0 Å². The Kier molecular flexibility index (Phi) is 5.22. The molecular formula is C9H17Cl2N. The zero-order chi connectivity index (χ0) is 8.43. The van der Waals surface area contributed by atoms with Gasteiger partial charge in [0.05, 0.1) is 0 Å². The van der Waals surface area contributed by atoms with Gasteiger partial charge in [0, 0.05) is 24.7 Å². The first-order valence-corrected chi connectivity index (χ1v) is 4.53. The molecule has 0 bridgehead atoms. The summed E-state index contributed by atoms with van der Waals surface area (Å²) < 4.78 is 0. The third-order valence-electron chi connectivity index (χ3n) is 2.46. The van der Waals surface area contributed by atoms with Gasteiger partial charge in [-0.05, 0) is 11.8 Å². The quantitative estimate of drug-likeness (QED) is 0.677. The first-order valence-electron chi connectivity index (χ1n) is 4.15. The minimum atomic E-state index is 0. The van der Waals surface area contributed by atoms with Crippen molar-refractivity contribution in [3.63, 3.8) is 0 Å². The molecule has 0 radical (unpaired) electrons. The van der Waals surface area contributed by atoms with Crippen LogP contribution in [0.3, 0.4) is 0 Å². The smallest absolute Gasteiger partial charge is 0.0335 e. The van der Waals surface area contributed by atoms with Gasteiger partial charge in [-0.1, -0.05) is 32.0 Å². The molecule has 1 fully saturated rings. The lowest BCUT2D eigenvalue weighted by Gasteiger charge is -2.13. The topological polar surface area (TPSA) is 3.24 Å². The molecule has 0 aromatic heterocycles. The third-order valence-corrected chi connectivity index (χ3v) is 2.58. The molecule has 12 heavy (non-hydrogen) atoms. The van der Waals surface area contributed by atoms with Crippen molar-refractivity contribution in [1.82, 2.24) is 4.90 Å². The zero-order valence-electron chi connectivity index (χ0n) is 7.72. The maximum Gasteiger partial charge on any atom is 0.0335 e. The average molecular weight is 210 g/mol. The Morgan fingerprint density at radius 3 is 2.17 bits per heavy atom. The first-order chi connectivity index (χ1) is 5.09. The molecule has 1 heterocycles. The normalized spacial score (nSPS) is 29.9. The van der Waals surface area contributed by atoms with Crippen LogP contribution in [0.5, 0.6) is 0 Å². The van der Waals surface area contributed by atoms with Crippen molar-refractivity contribution < 1.29 is 0 Å². The van der Waals surface area contributed by atoms with Crippen molar-refractivity contribution in [2.24, 2.45) is 11.8 Å². The molecular weight excluding hydrogens is 193 g/mol. The van der Waals surface area contributed by atoms with Crippen LogP contribution in [0.2, 0.25) is 0 Å². The molecule has 0 aromatic rings. The van der Waals surface area contributed by atoms with E-state index in [2.05, 4.69) is 25.3 Å². The van der Waals surface area contributed by atoms with Crippen LogP contribution in [0.15, 0.2) is 11.6 Å². The van der Waals surface area contributed by atoms with Crippen LogP contribution < -0.4 is 0 Å². The number of likely N-dealkylation sites (tertiary alicyclic amines) is 1. The molecule has 2 unspecified atom stereocenters. The van der Waals surface area contributed by atoms with E-state index in [0.29, 0.717) is 0 Å². The highest BCUT2D eigenvalue weighted by Crippen LogP contribution is 2.22. The van der Waals surface area contributed by atoms with Gasteiger partial charge in [-0.2, -0.15) is 0 Å². The lowest BCUT2D eigenvalue weighted by atomic mass is 10.0. The molecule has 1 saturated heterocycles. The van der Waals surface area contributed by atoms with Gasteiger partial charge in [0.2, 0.25) is 0 Å². The second kappa shape index (κ2) is 5.11. The molecule has 0 N–H and O–H groups in total. The molecule has 3 heteroatoms. The fourth-order valence-corrected chi connectivity index (χ4v) is 1.79. The summed E-state index contributed by atoms with van der Waals surface area (Å²) in [4.78, 5) is 2.37. The van der Waals surface area contributed by atoms with E-state index >= 15 is 0 Å². The number of rotatable bonds is 2. The monoisotopic (exact) mass is 209 g/mol. The summed E-state index contributed by atoms with van der Waals surface area (Å²) in [7, 11) is 0. The lowest BCUT2D eigenvalue weighted by molar-refractivity contribution is 0.357. The van der Waals surface area contributed by atoms with Gasteiger partial charge in [-0.25, -0.2) is 0 Å². The zero-order valence-corrected chi connectivity index (χ0v) is 9.29. The van der Waals surface area contributed by atoms with Gasteiger partial charge in [0.15, 0.2) is 0 Å². The minimum Gasteiger partial charge on any atom is -0.298 e. The van der Waals surface area contributed by atoms with E-state index in [1.807, 2.05) is 0 Å². The molecule has 1 nitrogen and oxygen atoms in total. The average Bonchev–Trinajstić information content (AvgIpc) is 2.10. The van der Waals surface area contributed by atoms with Crippen molar-refractivity contribution in [1.29, 1.82) is 0 Å². The van der Waals surface area contributed by atoms with Crippen molar-refractivity contribution in [3.05, 3.63) is 11.6 Å².